The first-order valence-corrected chi connectivity index (χ1v) is 8.34. The van der Waals surface area contributed by atoms with Crippen LogP contribution in [0, 0.1) is 11.7 Å². The molecule has 0 fully saturated rings. The van der Waals surface area contributed by atoms with Gasteiger partial charge in [0.2, 0.25) is 5.91 Å². The molecule has 4 rings (SSSR count). The van der Waals surface area contributed by atoms with Crippen molar-refractivity contribution < 1.29 is 13.9 Å². The van der Waals surface area contributed by atoms with Gasteiger partial charge in [0.05, 0.1) is 23.9 Å². The van der Waals surface area contributed by atoms with Crippen LogP contribution in [0.4, 0.5) is 10.2 Å². The van der Waals surface area contributed by atoms with Gasteiger partial charge in [-0.25, -0.2) is 9.37 Å². The summed E-state index contributed by atoms with van der Waals surface area (Å²) in [5.41, 5.74) is 7.31. The van der Waals surface area contributed by atoms with Crippen LogP contribution < -0.4 is 11.1 Å². The Morgan fingerprint density at radius 2 is 2.26 bits per heavy atom. The molecular weight excluding hydrogens is 349 g/mol. The van der Waals surface area contributed by atoms with Crippen LogP contribution in [0.1, 0.15) is 11.4 Å². The number of amides is 1. The van der Waals surface area contributed by atoms with Gasteiger partial charge in [-0.15, -0.1) is 5.10 Å². The first kappa shape index (κ1) is 16.9. The predicted molar refractivity (Wildman–Crippen MR) is 96.3 cm³/mol. The quantitative estimate of drug-likeness (QED) is 0.840. The molecule has 1 amide bonds. The maximum atomic E-state index is 13.3. The monoisotopic (exact) mass is 365 g/mol. The fourth-order valence-electron chi connectivity index (χ4n) is 3.09. The molecule has 1 aromatic carbocycles. The van der Waals surface area contributed by atoms with E-state index in [0.29, 0.717) is 29.3 Å². The molecule has 0 saturated carbocycles. The molecule has 2 aromatic rings. The van der Waals surface area contributed by atoms with Crippen LogP contribution in [0.2, 0.25) is 0 Å². The third-order valence-electron chi connectivity index (χ3n) is 4.39. The van der Waals surface area contributed by atoms with Crippen molar-refractivity contribution in [1.29, 1.82) is 0 Å². The molecule has 136 valence electrons. The maximum Gasteiger partial charge on any atom is 0.248 e. The van der Waals surface area contributed by atoms with Crippen LogP contribution in [0.3, 0.4) is 0 Å². The second-order valence-electron chi connectivity index (χ2n) is 6.18. The molecule has 1 aliphatic heterocycles. The molecule has 8 heteroatoms. The van der Waals surface area contributed by atoms with E-state index in [-0.39, 0.29) is 11.7 Å². The Bertz CT molecular complexity index is 986. The van der Waals surface area contributed by atoms with E-state index < -0.39 is 12.0 Å². The number of aromatic nitrogens is 3. The van der Waals surface area contributed by atoms with Gasteiger partial charge >= 0.3 is 0 Å². The summed E-state index contributed by atoms with van der Waals surface area (Å²) in [4.78, 5) is 16.0. The number of primary amides is 1. The molecule has 0 bridgehead atoms. The lowest BCUT2D eigenvalue weighted by atomic mass is 9.86. The van der Waals surface area contributed by atoms with Gasteiger partial charge in [-0.05, 0) is 17.7 Å². The zero-order valence-corrected chi connectivity index (χ0v) is 14.2. The van der Waals surface area contributed by atoms with Crippen LogP contribution in [-0.4, -0.2) is 27.2 Å². The second kappa shape index (κ2) is 6.99. The van der Waals surface area contributed by atoms with E-state index in [4.69, 9.17) is 10.5 Å². The Balaban J connectivity index is 1.51. The number of carbonyl (C=O) groups excluding carboxylic acids is 1. The summed E-state index contributed by atoms with van der Waals surface area (Å²) in [6, 6.07) is 6.30. The normalized spacial score (nSPS) is 20.3. The number of fused-ring (bicyclic) bond motifs is 1. The number of carbonyl (C=O) groups is 1. The highest BCUT2D eigenvalue weighted by molar-refractivity contribution is 5.94. The fraction of sp³-hybridized carbons (Fsp3) is 0.158. The molecule has 0 saturated heterocycles. The van der Waals surface area contributed by atoms with E-state index in [9.17, 15) is 9.18 Å². The number of nitrogens with two attached hydrogens (primary N) is 1. The van der Waals surface area contributed by atoms with Crippen LogP contribution in [0.15, 0.2) is 60.5 Å². The highest BCUT2D eigenvalue weighted by atomic mass is 19.1. The largest absolute Gasteiger partial charge is 0.492 e. The van der Waals surface area contributed by atoms with Gasteiger partial charge in [0.15, 0.2) is 5.82 Å². The Kier molecular flexibility index (Phi) is 4.37. The summed E-state index contributed by atoms with van der Waals surface area (Å²) < 4.78 is 18.9. The number of hydrogen-bond donors (Lipinski definition) is 2. The van der Waals surface area contributed by atoms with E-state index in [1.54, 1.807) is 18.2 Å². The Morgan fingerprint density at radius 3 is 3.07 bits per heavy atom. The smallest absolute Gasteiger partial charge is 0.248 e. The minimum atomic E-state index is -0.520. The zero-order valence-electron chi connectivity index (χ0n) is 14.2. The topological polar surface area (TPSA) is 103 Å². The van der Waals surface area contributed by atoms with Crippen molar-refractivity contribution in [2.24, 2.45) is 11.7 Å². The molecule has 27 heavy (non-hydrogen) atoms. The summed E-state index contributed by atoms with van der Waals surface area (Å²) in [6.45, 7) is 0.395. The van der Waals surface area contributed by atoms with E-state index in [0.717, 1.165) is 5.56 Å². The average molecular weight is 365 g/mol. The molecule has 3 N–H and O–H groups in total. The van der Waals surface area contributed by atoms with Gasteiger partial charge in [-0.3, -0.25) is 4.79 Å². The highest BCUT2D eigenvalue weighted by Crippen LogP contribution is 2.38. The first-order chi connectivity index (χ1) is 13.1. The lowest BCUT2D eigenvalue weighted by molar-refractivity contribution is -0.115. The first-order valence-electron chi connectivity index (χ1n) is 8.34. The summed E-state index contributed by atoms with van der Waals surface area (Å²) in [6.07, 6.45) is 7.87. The third kappa shape index (κ3) is 3.41. The SMILES string of the molecule is NC(=O)C1=CC=CC2C(c3nncc(NCc4cccc(F)c4)n3)=COC12. The molecule has 2 unspecified atom stereocenters. The Labute approximate surface area is 154 Å². The molecule has 1 aromatic heterocycles. The molecule has 2 atom stereocenters. The zero-order chi connectivity index (χ0) is 18.8. The van der Waals surface area contributed by atoms with E-state index in [1.165, 1.54) is 24.6 Å². The fourth-order valence-corrected chi connectivity index (χ4v) is 3.09. The van der Waals surface area contributed by atoms with Crippen LogP contribution >= 0.6 is 0 Å². The van der Waals surface area contributed by atoms with Crippen molar-refractivity contribution in [3.05, 3.63) is 77.7 Å². The highest BCUT2D eigenvalue weighted by Gasteiger charge is 2.38. The molecule has 1 aliphatic carbocycles. The molecule has 0 spiro atoms. The number of ether oxygens (including phenoxy) is 1. The standard InChI is InChI=1S/C19H16FN5O2/c20-12-4-1-3-11(7-12)8-22-16-9-23-25-19(24-16)15-10-27-17-13(15)5-2-6-14(17)18(21)26/h1-7,9-10,13,17H,8H2,(H2,21,26)(H,22,24,25). The van der Waals surface area contributed by atoms with Crippen molar-refractivity contribution >= 4 is 17.3 Å². The number of rotatable bonds is 5. The van der Waals surface area contributed by atoms with E-state index >= 15 is 0 Å². The minimum Gasteiger partial charge on any atom is -0.492 e. The average Bonchev–Trinajstić information content (AvgIpc) is 3.11. The third-order valence-corrected chi connectivity index (χ3v) is 4.39. The number of anilines is 1. The number of benzene rings is 1. The minimum absolute atomic E-state index is 0.210. The Morgan fingerprint density at radius 1 is 1.37 bits per heavy atom. The van der Waals surface area contributed by atoms with Gasteiger partial charge in [0.1, 0.15) is 17.7 Å². The van der Waals surface area contributed by atoms with Crippen molar-refractivity contribution in [1.82, 2.24) is 15.2 Å². The Hall–Kier alpha value is -3.55. The molecule has 7 nitrogen and oxygen atoms in total. The molecule has 0 radical (unpaired) electrons. The number of nitrogens with one attached hydrogen (secondary N) is 1. The number of nitrogens with zero attached hydrogens (tertiary/aromatic N) is 3. The lowest BCUT2D eigenvalue weighted by Gasteiger charge is -2.21. The lowest BCUT2D eigenvalue weighted by Crippen LogP contribution is -2.30. The van der Waals surface area contributed by atoms with E-state index in [2.05, 4.69) is 20.5 Å². The van der Waals surface area contributed by atoms with Gasteiger partial charge in [0, 0.05) is 12.1 Å². The molecular formula is C19H16FN5O2. The van der Waals surface area contributed by atoms with Crippen molar-refractivity contribution in [2.75, 3.05) is 5.32 Å². The summed E-state index contributed by atoms with van der Waals surface area (Å²) in [5, 5.41) is 11.1. The summed E-state index contributed by atoms with van der Waals surface area (Å²) >= 11 is 0. The van der Waals surface area contributed by atoms with E-state index in [1.807, 2.05) is 12.1 Å². The van der Waals surface area contributed by atoms with Gasteiger partial charge in [-0.2, -0.15) is 5.10 Å². The predicted octanol–water partition coefficient (Wildman–Crippen LogP) is 1.96. The van der Waals surface area contributed by atoms with Crippen LogP contribution in [-0.2, 0) is 16.1 Å². The van der Waals surface area contributed by atoms with Gasteiger partial charge in [-0.1, -0.05) is 30.4 Å². The second-order valence-corrected chi connectivity index (χ2v) is 6.18. The van der Waals surface area contributed by atoms with Crippen LogP contribution in [0.25, 0.3) is 5.57 Å². The molecule has 2 heterocycles. The summed E-state index contributed by atoms with van der Waals surface area (Å²) in [5.74, 6) is -0.134. The van der Waals surface area contributed by atoms with Gasteiger partial charge in [0.25, 0.3) is 0 Å². The number of allylic oxidation sites excluding steroid dienone is 2. The number of hydrogen-bond acceptors (Lipinski definition) is 6. The van der Waals surface area contributed by atoms with Crippen LogP contribution in [0.5, 0.6) is 0 Å². The molecule has 2 aliphatic rings. The van der Waals surface area contributed by atoms with Crippen molar-refractivity contribution in [2.45, 2.75) is 12.6 Å². The van der Waals surface area contributed by atoms with Crippen molar-refractivity contribution in [3.63, 3.8) is 0 Å². The van der Waals surface area contributed by atoms with Gasteiger partial charge < -0.3 is 15.8 Å². The summed E-state index contributed by atoms with van der Waals surface area (Å²) in [7, 11) is 0. The maximum absolute atomic E-state index is 13.3. The van der Waals surface area contributed by atoms with Crippen molar-refractivity contribution in [3.8, 4) is 0 Å². The number of halogens is 1.